The molecular weight excluding hydrogens is 267 g/mol. The lowest BCUT2D eigenvalue weighted by Crippen LogP contribution is -2.00. The van der Waals surface area contributed by atoms with E-state index in [4.69, 9.17) is 4.74 Å². The number of aromatic hydroxyl groups is 1. The smallest absolute Gasteiger partial charge is 0.198 e. The van der Waals surface area contributed by atoms with Crippen LogP contribution in [-0.4, -0.2) is 18.0 Å². The summed E-state index contributed by atoms with van der Waals surface area (Å²) in [6.45, 7) is 1.39. The molecule has 0 heterocycles. The van der Waals surface area contributed by atoms with E-state index in [2.05, 4.69) is 15.9 Å². The zero-order valence-corrected chi connectivity index (χ0v) is 9.89. The third-order valence-electron chi connectivity index (χ3n) is 1.87. The normalized spacial score (nSPS) is 10.1. The molecule has 15 heavy (non-hydrogen) atoms. The highest BCUT2D eigenvalue weighted by molar-refractivity contribution is 9.10. The Bertz CT molecular complexity index is 404. The molecule has 82 valence electrons. The van der Waals surface area contributed by atoms with Gasteiger partial charge in [-0.25, -0.2) is 4.39 Å². The molecule has 0 radical (unpaired) electrons. The lowest BCUT2D eigenvalue weighted by molar-refractivity contribution is -0.116. The molecular formula is C10H10BrFO3. The molecule has 0 spiro atoms. The molecule has 1 aromatic carbocycles. The Morgan fingerprint density at radius 2 is 2.27 bits per heavy atom. The largest absolute Gasteiger partial charge is 0.504 e. The van der Waals surface area contributed by atoms with Gasteiger partial charge in [0.2, 0.25) is 0 Å². The molecule has 0 aliphatic rings. The number of rotatable bonds is 3. The number of hydrogen-bond acceptors (Lipinski definition) is 3. The second-order valence-corrected chi connectivity index (χ2v) is 3.95. The van der Waals surface area contributed by atoms with Gasteiger partial charge in [0.1, 0.15) is 5.78 Å². The first-order chi connectivity index (χ1) is 6.97. The number of halogens is 2. The van der Waals surface area contributed by atoms with Crippen molar-refractivity contribution >= 4 is 21.7 Å². The maximum absolute atomic E-state index is 13.4. The molecule has 1 rings (SSSR count). The number of carbonyl (C=O) groups is 1. The summed E-state index contributed by atoms with van der Waals surface area (Å²) in [6.07, 6.45) is 0.0427. The van der Waals surface area contributed by atoms with Crippen LogP contribution in [-0.2, 0) is 11.2 Å². The fraction of sp³-hybridized carbons (Fsp3) is 0.300. The van der Waals surface area contributed by atoms with Gasteiger partial charge in [0.05, 0.1) is 11.6 Å². The summed E-state index contributed by atoms with van der Waals surface area (Å²) in [7, 11) is 1.25. The van der Waals surface area contributed by atoms with Crippen LogP contribution in [0.3, 0.4) is 0 Å². The van der Waals surface area contributed by atoms with Crippen LogP contribution in [0.5, 0.6) is 11.5 Å². The van der Waals surface area contributed by atoms with Crippen molar-refractivity contribution in [2.75, 3.05) is 7.11 Å². The molecule has 0 aliphatic carbocycles. The van der Waals surface area contributed by atoms with Crippen LogP contribution in [0, 0.1) is 5.82 Å². The number of methoxy groups -OCH3 is 1. The summed E-state index contributed by atoms with van der Waals surface area (Å²) < 4.78 is 18.2. The first-order valence-corrected chi connectivity index (χ1v) is 5.00. The number of phenols is 1. The number of ether oxygens (including phenoxy) is 1. The van der Waals surface area contributed by atoms with Crippen molar-refractivity contribution < 1.29 is 19.0 Å². The lowest BCUT2D eigenvalue weighted by atomic mass is 10.1. The number of phenolic OH excluding ortho intramolecular Hbond substituents is 1. The Kier molecular flexibility index (Phi) is 3.68. The highest BCUT2D eigenvalue weighted by atomic mass is 79.9. The maximum atomic E-state index is 13.4. The van der Waals surface area contributed by atoms with E-state index in [1.807, 2.05) is 0 Å². The summed E-state index contributed by atoms with van der Waals surface area (Å²) in [5.41, 5.74) is 0.340. The zero-order valence-electron chi connectivity index (χ0n) is 8.30. The van der Waals surface area contributed by atoms with Crippen molar-refractivity contribution in [3.8, 4) is 11.5 Å². The third-order valence-corrected chi connectivity index (χ3v) is 2.45. The fourth-order valence-corrected chi connectivity index (χ4v) is 1.69. The Morgan fingerprint density at radius 3 is 2.73 bits per heavy atom. The van der Waals surface area contributed by atoms with Crippen molar-refractivity contribution in [3.63, 3.8) is 0 Å². The highest BCUT2D eigenvalue weighted by Crippen LogP contribution is 2.37. The van der Waals surface area contributed by atoms with E-state index in [9.17, 15) is 14.3 Å². The Hall–Kier alpha value is -1.10. The minimum Gasteiger partial charge on any atom is -0.504 e. The van der Waals surface area contributed by atoms with Crippen molar-refractivity contribution in [2.45, 2.75) is 13.3 Å². The average molecular weight is 277 g/mol. The monoisotopic (exact) mass is 276 g/mol. The van der Waals surface area contributed by atoms with Gasteiger partial charge in [0.25, 0.3) is 0 Å². The molecule has 0 saturated heterocycles. The zero-order chi connectivity index (χ0) is 11.6. The van der Waals surface area contributed by atoms with Crippen LogP contribution in [0.4, 0.5) is 4.39 Å². The lowest BCUT2D eigenvalue weighted by Gasteiger charge is -2.10. The van der Waals surface area contributed by atoms with Gasteiger partial charge in [0.15, 0.2) is 17.3 Å². The van der Waals surface area contributed by atoms with E-state index in [-0.39, 0.29) is 28.2 Å². The van der Waals surface area contributed by atoms with E-state index in [0.29, 0.717) is 5.56 Å². The first kappa shape index (κ1) is 12.0. The number of benzene rings is 1. The van der Waals surface area contributed by atoms with Gasteiger partial charge >= 0.3 is 0 Å². The van der Waals surface area contributed by atoms with Crippen molar-refractivity contribution in [1.29, 1.82) is 0 Å². The minimum absolute atomic E-state index is 0.0427. The molecule has 0 amide bonds. The average Bonchev–Trinajstić information content (AvgIpc) is 2.14. The van der Waals surface area contributed by atoms with Crippen molar-refractivity contribution in [3.05, 3.63) is 21.9 Å². The standard InChI is InChI=1S/C10H10BrFO3/c1-5(13)3-6-4-7(11)8(12)10(15-2)9(6)14/h4,14H,3H2,1-2H3. The van der Waals surface area contributed by atoms with Crippen LogP contribution in [0.25, 0.3) is 0 Å². The highest BCUT2D eigenvalue weighted by Gasteiger charge is 2.17. The van der Waals surface area contributed by atoms with Gasteiger partial charge in [-0.2, -0.15) is 0 Å². The van der Waals surface area contributed by atoms with E-state index in [0.717, 1.165) is 0 Å². The number of hydrogen-bond donors (Lipinski definition) is 1. The predicted octanol–water partition coefficient (Wildman–Crippen LogP) is 2.43. The number of carbonyl (C=O) groups excluding carboxylic acids is 1. The van der Waals surface area contributed by atoms with Gasteiger partial charge in [-0.3, -0.25) is 4.79 Å². The molecule has 0 saturated carbocycles. The van der Waals surface area contributed by atoms with Crippen LogP contribution in [0.1, 0.15) is 12.5 Å². The van der Waals surface area contributed by atoms with E-state index >= 15 is 0 Å². The summed E-state index contributed by atoms with van der Waals surface area (Å²) in [5.74, 6) is -1.37. The minimum atomic E-state index is -0.678. The molecule has 0 bridgehead atoms. The molecule has 5 heteroatoms. The fourth-order valence-electron chi connectivity index (χ4n) is 1.23. The molecule has 1 N–H and O–H groups in total. The van der Waals surface area contributed by atoms with Crippen LogP contribution in [0.2, 0.25) is 0 Å². The van der Waals surface area contributed by atoms with Gasteiger partial charge in [0, 0.05) is 12.0 Å². The van der Waals surface area contributed by atoms with Crippen molar-refractivity contribution in [2.24, 2.45) is 0 Å². The quantitative estimate of drug-likeness (QED) is 0.923. The Labute approximate surface area is 95.0 Å². The van der Waals surface area contributed by atoms with Crippen molar-refractivity contribution in [1.82, 2.24) is 0 Å². The third kappa shape index (κ3) is 2.47. The summed E-state index contributed by atoms with van der Waals surface area (Å²) >= 11 is 2.98. The summed E-state index contributed by atoms with van der Waals surface area (Å²) in [4.78, 5) is 10.9. The van der Waals surface area contributed by atoms with E-state index in [1.54, 1.807) is 0 Å². The second kappa shape index (κ2) is 4.61. The summed E-state index contributed by atoms with van der Waals surface area (Å²) in [5, 5.41) is 9.60. The second-order valence-electron chi connectivity index (χ2n) is 3.09. The van der Waals surface area contributed by atoms with Crippen LogP contribution >= 0.6 is 15.9 Å². The summed E-state index contributed by atoms with van der Waals surface area (Å²) in [6, 6.07) is 1.37. The SMILES string of the molecule is COc1c(O)c(CC(C)=O)cc(Br)c1F. The Morgan fingerprint density at radius 1 is 1.67 bits per heavy atom. The molecule has 0 atom stereocenters. The molecule has 1 aromatic rings. The van der Waals surface area contributed by atoms with E-state index in [1.165, 1.54) is 20.1 Å². The molecule has 0 aromatic heterocycles. The molecule has 3 nitrogen and oxygen atoms in total. The van der Waals surface area contributed by atoms with Gasteiger partial charge < -0.3 is 9.84 Å². The van der Waals surface area contributed by atoms with Gasteiger partial charge in [-0.15, -0.1) is 0 Å². The molecule has 0 fully saturated rings. The van der Waals surface area contributed by atoms with E-state index < -0.39 is 5.82 Å². The number of ketones is 1. The first-order valence-electron chi connectivity index (χ1n) is 4.20. The van der Waals surface area contributed by atoms with Gasteiger partial charge in [-0.05, 0) is 28.9 Å². The topological polar surface area (TPSA) is 46.5 Å². The predicted molar refractivity (Wildman–Crippen MR) is 56.7 cm³/mol. The molecule has 0 aliphatic heterocycles. The Balaban J connectivity index is 3.30. The maximum Gasteiger partial charge on any atom is 0.198 e. The van der Waals surface area contributed by atoms with Crippen LogP contribution < -0.4 is 4.74 Å². The molecule has 0 unspecified atom stereocenters. The van der Waals surface area contributed by atoms with Crippen LogP contribution in [0.15, 0.2) is 10.5 Å². The van der Waals surface area contributed by atoms with Gasteiger partial charge in [-0.1, -0.05) is 0 Å². The number of Topliss-reactive ketones (excluding diaryl/α,β-unsaturated/α-hetero) is 1.